The van der Waals surface area contributed by atoms with Gasteiger partial charge in [0.1, 0.15) is 11.5 Å². The van der Waals surface area contributed by atoms with Crippen LogP contribution < -0.4 is 10.6 Å². The van der Waals surface area contributed by atoms with Crippen molar-refractivity contribution in [1.29, 1.82) is 0 Å². The van der Waals surface area contributed by atoms with Crippen LogP contribution in [0, 0.1) is 5.82 Å². The Morgan fingerprint density at radius 1 is 1.00 bits per heavy atom. The molecule has 0 unspecified atom stereocenters. The molecule has 2 N–H and O–H groups in total. The number of halogens is 1. The van der Waals surface area contributed by atoms with Crippen LogP contribution in [0.2, 0.25) is 0 Å². The van der Waals surface area contributed by atoms with E-state index in [-0.39, 0.29) is 23.5 Å². The van der Waals surface area contributed by atoms with Crippen molar-refractivity contribution in [2.24, 2.45) is 0 Å². The van der Waals surface area contributed by atoms with Gasteiger partial charge in [0.05, 0.1) is 0 Å². The van der Waals surface area contributed by atoms with Gasteiger partial charge in [0.25, 0.3) is 11.8 Å². The van der Waals surface area contributed by atoms with E-state index in [0.29, 0.717) is 11.1 Å². The summed E-state index contributed by atoms with van der Waals surface area (Å²) in [5, 5.41) is 5.35. The summed E-state index contributed by atoms with van der Waals surface area (Å²) in [4.78, 5) is 24.6. The lowest BCUT2D eigenvalue weighted by atomic mass is 10.1. The van der Waals surface area contributed by atoms with Gasteiger partial charge in [0, 0.05) is 11.6 Å². The lowest BCUT2D eigenvalue weighted by molar-refractivity contribution is -0.118. The molecule has 0 aliphatic carbocycles. The van der Waals surface area contributed by atoms with Gasteiger partial charge in [-0.2, -0.15) is 0 Å². The molecule has 2 amide bonds. The maximum absolute atomic E-state index is 13.0. The van der Waals surface area contributed by atoms with Gasteiger partial charge in [-0.3, -0.25) is 9.59 Å². The number of nitrogens with one attached hydrogen (secondary N) is 2. The van der Waals surface area contributed by atoms with Gasteiger partial charge in [0.15, 0.2) is 0 Å². The van der Waals surface area contributed by atoms with Gasteiger partial charge in [-0.05, 0) is 49.8 Å². The quantitative estimate of drug-likeness (QED) is 0.830. The zero-order chi connectivity index (χ0) is 17.5. The molecule has 0 heterocycles. The van der Waals surface area contributed by atoms with Crippen molar-refractivity contribution in [3.63, 3.8) is 0 Å². The highest BCUT2D eigenvalue weighted by molar-refractivity contribution is 6.05. The second kappa shape index (κ2) is 8.06. The third kappa shape index (κ3) is 5.05. The predicted octanol–water partition coefficient (Wildman–Crippen LogP) is 3.12. The predicted molar refractivity (Wildman–Crippen MR) is 91.6 cm³/mol. The van der Waals surface area contributed by atoms with Crippen molar-refractivity contribution in [2.45, 2.75) is 19.9 Å². The summed E-state index contributed by atoms with van der Waals surface area (Å²) in [7, 11) is 0. The molecule has 2 aromatic rings. The molecule has 2 aromatic carbocycles. The van der Waals surface area contributed by atoms with Gasteiger partial charge < -0.3 is 10.6 Å². The first-order valence-corrected chi connectivity index (χ1v) is 7.60. The van der Waals surface area contributed by atoms with Crippen LogP contribution in [0.3, 0.4) is 0 Å². The summed E-state index contributed by atoms with van der Waals surface area (Å²) in [6.07, 6.45) is 1.51. The Balaban J connectivity index is 2.27. The zero-order valence-electron chi connectivity index (χ0n) is 13.5. The van der Waals surface area contributed by atoms with E-state index in [1.807, 2.05) is 13.8 Å². The molecule has 0 saturated carbocycles. The van der Waals surface area contributed by atoms with Gasteiger partial charge >= 0.3 is 0 Å². The molecule has 0 atom stereocenters. The Hall–Kier alpha value is -2.95. The van der Waals surface area contributed by atoms with Gasteiger partial charge in [0.2, 0.25) is 0 Å². The molecule has 0 radical (unpaired) electrons. The molecule has 0 bridgehead atoms. The molecule has 2 rings (SSSR count). The summed E-state index contributed by atoms with van der Waals surface area (Å²) in [6, 6.07) is 14.2. The van der Waals surface area contributed by atoms with Crippen molar-refractivity contribution in [1.82, 2.24) is 10.6 Å². The Kier molecular flexibility index (Phi) is 5.84. The fraction of sp³-hybridized carbons (Fsp3) is 0.158. The number of hydrogen-bond acceptors (Lipinski definition) is 2. The first-order valence-electron chi connectivity index (χ1n) is 7.60. The summed E-state index contributed by atoms with van der Waals surface area (Å²) in [5.74, 6) is -1.16. The number of hydrogen-bond donors (Lipinski definition) is 2. The molecule has 0 aromatic heterocycles. The van der Waals surface area contributed by atoms with Gasteiger partial charge in [-0.25, -0.2) is 4.39 Å². The molecule has 5 heteroatoms. The van der Waals surface area contributed by atoms with E-state index in [9.17, 15) is 14.0 Å². The first-order chi connectivity index (χ1) is 11.5. The van der Waals surface area contributed by atoms with Gasteiger partial charge in [-0.1, -0.05) is 30.3 Å². The van der Waals surface area contributed by atoms with E-state index < -0.39 is 5.91 Å². The number of carbonyl (C=O) groups is 2. The number of benzene rings is 2. The van der Waals surface area contributed by atoms with Crippen LogP contribution in [0.1, 0.15) is 29.8 Å². The van der Waals surface area contributed by atoms with Crippen LogP contribution in [0.15, 0.2) is 60.3 Å². The SMILES string of the molecule is CC(C)NC(=O)C(=Cc1ccc(F)cc1)NC(=O)c1ccccc1. The molecular formula is C19H19FN2O2. The van der Waals surface area contributed by atoms with E-state index in [4.69, 9.17) is 0 Å². The molecule has 0 aliphatic heterocycles. The summed E-state index contributed by atoms with van der Waals surface area (Å²) in [6.45, 7) is 3.65. The highest BCUT2D eigenvalue weighted by Gasteiger charge is 2.15. The Bertz CT molecular complexity index is 738. The molecule has 0 spiro atoms. The van der Waals surface area contributed by atoms with Crippen molar-refractivity contribution in [3.8, 4) is 0 Å². The maximum Gasteiger partial charge on any atom is 0.268 e. The van der Waals surface area contributed by atoms with E-state index in [1.165, 1.54) is 30.3 Å². The molecule has 0 aliphatic rings. The van der Waals surface area contributed by atoms with Crippen LogP contribution in [-0.4, -0.2) is 17.9 Å². The maximum atomic E-state index is 13.0. The average Bonchev–Trinajstić information content (AvgIpc) is 2.56. The molecular weight excluding hydrogens is 307 g/mol. The Morgan fingerprint density at radius 3 is 2.21 bits per heavy atom. The highest BCUT2D eigenvalue weighted by Crippen LogP contribution is 2.09. The normalized spacial score (nSPS) is 11.2. The van der Waals surface area contributed by atoms with E-state index in [2.05, 4.69) is 10.6 Å². The summed E-state index contributed by atoms with van der Waals surface area (Å²) < 4.78 is 13.0. The third-order valence-corrected chi connectivity index (χ3v) is 3.13. The highest BCUT2D eigenvalue weighted by atomic mass is 19.1. The fourth-order valence-corrected chi connectivity index (χ4v) is 2.01. The van der Waals surface area contributed by atoms with Crippen molar-refractivity contribution in [2.75, 3.05) is 0 Å². The average molecular weight is 326 g/mol. The van der Waals surface area contributed by atoms with Crippen molar-refractivity contribution in [3.05, 3.63) is 77.2 Å². The number of amides is 2. The minimum atomic E-state index is -0.404. The van der Waals surface area contributed by atoms with Crippen LogP contribution in [0.25, 0.3) is 6.08 Å². The summed E-state index contributed by atoms with van der Waals surface area (Å²) in [5.41, 5.74) is 1.16. The smallest absolute Gasteiger partial charge is 0.268 e. The number of rotatable bonds is 5. The first kappa shape index (κ1) is 17.4. The summed E-state index contributed by atoms with van der Waals surface area (Å²) >= 11 is 0. The van der Waals surface area contributed by atoms with Crippen LogP contribution in [0.4, 0.5) is 4.39 Å². The second-order valence-corrected chi connectivity index (χ2v) is 5.56. The van der Waals surface area contributed by atoms with Crippen molar-refractivity contribution >= 4 is 17.9 Å². The molecule has 24 heavy (non-hydrogen) atoms. The minimum Gasteiger partial charge on any atom is -0.349 e. The largest absolute Gasteiger partial charge is 0.349 e. The monoisotopic (exact) mass is 326 g/mol. The van der Waals surface area contributed by atoms with Crippen LogP contribution >= 0.6 is 0 Å². The molecule has 0 fully saturated rings. The Labute approximate surface area is 140 Å². The Morgan fingerprint density at radius 2 is 1.62 bits per heavy atom. The lowest BCUT2D eigenvalue weighted by Crippen LogP contribution is -2.38. The molecule has 124 valence electrons. The van der Waals surface area contributed by atoms with Crippen LogP contribution in [-0.2, 0) is 4.79 Å². The third-order valence-electron chi connectivity index (χ3n) is 3.13. The number of carbonyl (C=O) groups excluding carboxylic acids is 2. The minimum absolute atomic E-state index is 0.0808. The molecule has 4 nitrogen and oxygen atoms in total. The topological polar surface area (TPSA) is 58.2 Å². The zero-order valence-corrected chi connectivity index (χ0v) is 13.5. The lowest BCUT2D eigenvalue weighted by Gasteiger charge is -2.13. The van der Waals surface area contributed by atoms with E-state index in [1.54, 1.807) is 30.3 Å². The van der Waals surface area contributed by atoms with Crippen molar-refractivity contribution < 1.29 is 14.0 Å². The van der Waals surface area contributed by atoms with E-state index >= 15 is 0 Å². The standard InChI is InChI=1S/C19H19FN2O2/c1-13(2)21-19(24)17(12-14-8-10-16(20)11-9-14)22-18(23)15-6-4-3-5-7-15/h3-13H,1-2H3,(H,21,24)(H,22,23). The van der Waals surface area contributed by atoms with Crippen LogP contribution in [0.5, 0.6) is 0 Å². The van der Waals surface area contributed by atoms with Gasteiger partial charge in [-0.15, -0.1) is 0 Å². The second-order valence-electron chi connectivity index (χ2n) is 5.56. The fourth-order valence-electron chi connectivity index (χ4n) is 2.01. The molecule has 0 saturated heterocycles. The van der Waals surface area contributed by atoms with E-state index in [0.717, 1.165) is 0 Å².